The van der Waals surface area contributed by atoms with Gasteiger partial charge in [-0.15, -0.1) is 0 Å². The van der Waals surface area contributed by atoms with Crippen LogP contribution in [0.2, 0.25) is 0 Å². The van der Waals surface area contributed by atoms with Crippen LogP contribution in [-0.4, -0.2) is 31.8 Å². The van der Waals surface area contributed by atoms with Crippen molar-refractivity contribution in [2.45, 2.75) is 32.9 Å². The minimum absolute atomic E-state index is 0.0100. The molecular weight excluding hydrogens is 337 g/mol. The molecule has 0 spiro atoms. The molecule has 0 radical (unpaired) electrons. The average molecular weight is 357 g/mol. The molecule has 1 N–H and O–H groups in total. The molecule has 136 valence electrons. The van der Waals surface area contributed by atoms with Crippen LogP contribution in [0, 0.1) is 5.82 Å². The fourth-order valence-electron chi connectivity index (χ4n) is 2.70. The summed E-state index contributed by atoms with van der Waals surface area (Å²) < 4.78 is 16.7. The standard InChI is InChI=1S/C18H20FN5O2/c1-2-5-16(25)20-8-9-24-17-14(10-22-24)18(26)23(12-21-17)11-13-6-3-4-7-15(13)19/h3-4,6-7,10,12H,2,5,8-9,11H2,1H3,(H,20,25). The van der Waals surface area contributed by atoms with E-state index in [4.69, 9.17) is 0 Å². The number of nitrogens with one attached hydrogen (secondary N) is 1. The maximum Gasteiger partial charge on any atom is 0.264 e. The van der Waals surface area contributed by atoms with Gasteiger partial charge in [0, 0.05) is 18.5 Å². The summed E-state index contributed by atoms with van der Waals surface area (Å²) in [5.74, 6) is -0.373. The largest absolute Gasteiger partial charge is 0.354 e. The van der Waals surface area contributed by atoms with Crippen LogP contribution in [0.15, 0.2) is 41.6 Å². The SMILES string of the molecule is CCCC(=O)NCCn1ncc2c(=O)n(Cc3ccccc3F)cnc21. The van der Waals surface area contributed by atoms with E-state index in [2.05, 4.69) is 15.4 Å². The Kier molecular flexibility index (Phi) is 5.40. The molecule has 3 rings (SSSR count). The van der Waals surface area contributed by atoms with Gasteiger partial charge in [-0.05, 0) is 12.5 Å². The van der Waals surface area contributed by atoms with Crippen molar-refractivity contribution in [1.82, 2.24) is 24.6 Å². The molecule has 26 heavy (non-hydrogen) atoms. The van der Waals surface area contributed by atoms with Crippen LogP contribution in [0.4, 0.5) is 4.39 Å². The molecule has 0 saturated carbocycles. The third kappa shape index (κ3) is 3.79. The van der Waals surface area contributed by atoms with Gasteiger partial charge in [0.25, 0.3) is 5.56 Å². The van der Waals surface area contributed by atoms with Gasteiger partial charge < -0.3 is 5.32 Å². The number of carbonyl (C=O) groups is 1. The summed E-state index contributed by atoms with van der Waals surface area (Å²) in [6.07, 6.45) is 4.12. The van der Waals surface area contributed by atoms with Gasteiger partial charge in [-0.25, -0.2) is 14.1 Å². The number of rotatable bonds is 7. The Bertz CT molecular complexity index is 979. The number of fused-ring (bicyclic) bond motifs is 1. The second-order valence-electron chi connectivity index (χ2n) is 5.97. The van der Waals surface area contributed by atoms with Crippen LogP contribution < -0.4 is 10.9 Å². The highest BCUT2D eigenvalue weighted by Crippen LogP contribution is 2.09. The second-order valence-corrected chi connectivity index (χ2v) is 5.97. The number of hydrogen-bond donors (Lipinski definition) is 1. The molecule has 8 heteroatoms. The summed E-state index contributed by atoms with van der Waals surface area (Å²) >= 11 is 0. The molecule has 7 nitrogen and oxygen atoms in total. The van der Waals surface area contributed by atoms with E-state index in [0.717, 1.165) is 6.42 Å². The van der Waals surface area contributed by atoms with Gasteiger partial charge in [-0.2, -0.15) is 5.10 Å². The molecule has 0 fully saturated rings. The number of nitrogens with zero attached hydrogens (tertiary/aromatic N) is 4. The molecule has 0 unspecified atom stereocenters. The molecule has 1 amide bonds. The highest BCUT2D eigenvalue weighted by Gasteiger charge is 2.11. The van der Waals surface area contributed by atoms with Crippen molar-refractivity contribution in [2.75, 3.05) is 6.54 Å². The minimum atomic E-state index is -0.363. The molecule has 3 aromatic rings. The van der Waals surface area contributed by atoms with Crippen LogP contribution >= 0.6 is 0 Å². The summed E-state index contributed by atoms with van der Waals surface area (Å²) in [7, 11) is 0. The van der Waals surface area contributed by atoms with Gasteiger partial charge in [0.15, 0.2) is 5.65 Å². The minimum Gasteiger partial charge on any atom is -0.354 e. The van der Waals surface area contributed by atoms with Crippen molar-refractivity contribution in [2.24, 2.45) is 0 Å². The van der Waals surface area contributed by atoms with Crippen LogP contribution in [0.5, 0.6) is 0 Å². The zero-order valence-corrected chi connectivity index (χ0v) is 14.5. The van der Waals surface area contributed by atoms with E-state index >= 15 is 0 Å². The second kappa shape index (κ2) is 7.90. The Morgan fingerprint density at radius 2 is 2.12 bits per heavy atom. The highest BCUT2D eigenvalue weighted by molar-refractivity contribution is 5.75. The van der Waals surface area contributed by atoms with Crippen LogP contribution in [0.25, 0.3) is 11.0 Å². The predicted molar refractivity (Wildman–Crippen MR) is 95.2 cm³/mol. The smallest absolute Gasteiger partial charge is 0.264 e. The Labute approximate surface area is 149 Å². The van der Waals surface area contributed by atoms with E-state index < -0.39 is 0 Å². The van der Waals surface area contributed by atoms with Crippen molar-refractivity contribution in [3.63, 3.8) is 0 Å². The quantitative estimate of drug-likeness (QED) is 0.698. The maximum absolute atomic E-state index is 13.8. The molecule has 0 aliphatic carbocycles. The summed E-state index contributed by atoms with van der Waals surface area (Å²) in [6.45, 7) is 2.88. The predicted octanol–water partition coefficient (Wildman–Crippen LogP) is 1.70. The topological polar surface area (TPSA) is 81.8 Å². The van der Waals surface area contributed by atoms with Crippen LogP contribution in [0.1, 0.15) is 25.3 Å². The molecule has 0 bridgehead atoms. The van der Waals surface area contributed by atoms with Crippen molar-refractivity contribution in [3.8, 4) is 0 Å². The first kappa shape index (κ1) is 17.8. The Morgan fingerprint density at radius 3 is 2.88 bits per heavy atom. The van der Waals surface area contributed by atoms with Gasteiger partial charge in [0.2, 0.25) is 5.91 Å². The third-order valence-corrected chi connectivity index (χ3v) is 4.04. The monoisotopic (exact) mass is 357 g/mol. The van der Waals surface area contributed by atoms with Gasteiger partial charge in [0.1, 0.15) is 17.5 Å². The van der Waals surface area contributed by atoms with Crippen molar-refractivity contribution in [3.05, 3.63) is 58.5 Å². The Balaban J connectivity index is 1.77. The zero-order valence-electron chi connectivity index (χ0n) is 14.5. The van der Waals surface area contributed by atoms with Gasteiger partial charge in [-0.3, -0.25) is 14.2 Å². The van der Waals surface area contributed by atoms with E-state index in [1.807, 2.05) is 6.92 Å². The lowest BCUT2D eigenvalue weighted by Crippen LogP contribution is -2.27. The molecule has 1 aromatic carbocycles. The summed E-state index contributed by atoms with van der Waals surface area (Å²) in [4.78, 5) is 28.4. The molecule has 0 atom stereocenters. The van der Waals surface area contributed by atoms with Crippen LogP contribution in [-0.2, 0) is 17.9 Å². The number of benzene rings is 1. The maximum atomic E-state index is 13.8. The van der Waals surface area contributed by atoms with Gasteiger partial charge in [-0.1, -0.05) is 25.1 Å². The van der Waals surface area contributed by atoms with Crippen molar-refractivity contribution >= 4 is 16.9 Å². The molecular formula is C18H20FN5O2. The lowest BCUT2D eigenvalue weighted by molar-refractivity contribution is -0.121. The highest BCUT2D eigenvalue weighted by atomic mass is 19.1. The molecule has 0 saturated heterocycles. The molecule has 0 aliphatic heterocycles. The normalized spacial score (nSPS) is 11.0. The summed E-state index contributed by atoms with van der Waals surface area (Å²) in [5, 5.41) is 7.34. The molecule has 2 heterocycles. The summed E-state index contributed by atoms with van der Waals surface area (Å²) in [6, 6.07) is 6.32. The third-order valence-electron chi connectivity index (χ3n) is 4.04. The lowest BCUT2D eigenvalue weighted by Gasteiger charge is -2.08. The van der Waals surface area contributed by atoms with Gasteiger partial charge >= 0.3 is 0 Å². The molecule has 0 aliphatic rings. The first-order valence-corrected chi connectivity index (χ1v) is 8.51. The van der Waals surface area contributed by atoms with E-state index in [0.29, 0.717) is 36.1 Å². The van der Waals surface area contributed by atoms with E-state index in [9.17, 15) is 14.0 Å². The number of amides is 1. The first-order valence-electron chi connectivity index (χ1n) is 8.51. The zero-order chi connectivity index (χ0) is 18.5. The summed E-state index contributed by atoms with van der Waals surface area (Å²) in [5.41, 5.74) is 0.589. The van der Waals surface area contributed by atoms with E-state index in [-0.39, 0.29) is 23.8 Å². The average Bonchev–Trinajstić information content (AvgIpc) is 3.03. The Hall–Kier alpha value is -3.03. The number of hydrogen-bond acceptors (Lipinski definition) is 4. The lowest BCUT2D eigenvalue weighted by atomic mass is 10.2. The number of aromatic nitrogens is 4. The molecule has 2 aromatic heterocycles. The van der Waals surface area contributed by atoms with E-state index in [1.165, 1.54) is 23.2 Å². The van der Waals surface area contributed by atoms with Crippen LogP contribution in [0.3, 0.4) is 0 Å². The number of carbonyl (C=O) groups excluding carboxylic acids is 1. The Morgan fingerprint density at radius 1 is 1.31 bits per heavy atom. The van der Waals surface area contributed by atoms with Crippen molar-refractivity contribution < 1.29 is 9.18 Å². The van der Waals surface area contributed by atoms with Crippen molar-refractivity contribution in [1.29, 1.82) is 0 Å². The fraction of sp³-hybridized carbons (Fsp3) is 0.333. The fourth-order valence-corrected chi connectivity index (χ4v) is 2.70. The van der Waals surface area contributed by atoms with Gasteiger partial charge in [0.05, 0.1) is 19.3 Å². The number of halogens is 1. The first-order chi connectivity index (χ1) is 12.6. The van der Waals surface area contributed by atoms with E-state index in [1.54, 1.807) is 22.9 Å².